The lowest BCUT2D eigenvalue weighted by Gasteiger charge is -2.19. The van der Waals surface area contributed by atoms with Gasteiger partial charge in [0.15, 0.2) is 0 Å². The Morgan fingerprint density at radius 2 is 1.85 bits per heavy atom. The van der Waals surface area contributed by atoms with E-state index in [-0.39, 0.29) is 5.38 Å². The fourth-order valence-electron chi connectivity index (χ4n) is 2.72. The molecule has 0 bridgehead atoms. The van der Waals surface area contributed by atoms with Crippen LogP contribution in [-0.2, 0) is 0 Å². The van der Waals surface area contributed by atoms with E-state index >= 15 is 0 Å². The molecule has 0 aliphatic heterocycles. The summed E-state index contributed by atoms with van der Waals surface area (Å²) in [6, 6.07) is 6.80. The highest BCUT2D eigenvalue weighted by Gasteiger charge is 2.19. The van der Waals surface area contributed by atoms with Gasteiger partial charge in [-0.05, 0) is 51.2 Å². The maximum atomic E-state index is 6.36. The number of rotatable bonds is 5. The number of para-hydroxylation sites is 1. The van der Waals surface area contributed by atoms with Crippen molar-refractivity contribution in [1.29, 1.82) is 0 Å². The van der Waals surface area contributed by atoms with Crippen LogP contribution < -0.4 is 0 Å². The number of hydrogen-bond acceptors (Lipinski definition) is 1. The molecule has 0 saturated carbocycles. The number of hydrogen-bond donors (Lipinski definition) is 0. The summed E-state index contributed by atoms with van der Waals surface area (Å²) in [4.78, 5) is 4.79. The zero-order valence-corrected chi connectivity index (χ0v) is 13.9. The molecule has 0 amide bonds. The maximum absolute atomic E-state index is 6.36. The molecule has 0 radical (unpaired) electrons. The van der Waals surface area contributed by atoms with Crippen LogP contribution in [0.5, 0.6) is 0 Å². The van der Waals surface area contributed by atoms with E-state index in [1.165, 1.54) is 17.5 Å². The summed E-state index contributed by atoms with van der Waals surface area (Å²) >= 11 is 6.36. The van der Waals surface area contributed by atoms with Gasteiger partial charge in [0.1, 0.15) is 5.82 Å². The molecule has 2 rings (SSSR count). The topological polar surface area (TPSA) is 17.8 Å². The summed E-state index contributed by atoms with van der Waals surface area (Å²) in [5.74, 6) is 1.72. The van der Waals surface area contributed by atoms with E-state index in [1.54, 1.807) is 0 Å². The van der Waals surface area contributed by atoms with Gasteiger partial charge in [0.2, 0.25) is 0 Å². The third kappa shape index (κ3) is 3.01. The molecule has 2 unspecified atom stereocenters. The first kappa shape index (κ1) is 15.4. The van der Waals surface area contributed by atoms with Crippen LogP contribution in [0.3, 0.4) is 0 Å². The molecule has 1 aromatic heterocycles. The molecule has 0 aliphatic carbocycles. The largest absolute Gasteiger partial charge is 0.324 e. The van der Waals surface area contributed by atoms with Crippen LogP contribution in [0.2, 0.25) is 0 Å². The second kappa shape index (κ2) is 6.17. The molecular weight excluding hydrogens is 268 g/mol. The van der Waals surface area contributed by atoms with Gasteiger partial charge in [0.05, 0.1) is 16.4 Å². The van der Waals surface area contributed by atoms with Gasteiger partial charge in [-0.1, -0.05) is 26.0 Å². The normalized spacial score (nSPS) is 14.9. The van der Waals surface area contributed by atoms with Crippen LogP contribution in [0.25, 0.3) is 11.0 Å². The summed E-state index contributed by atoms with van der Waals surface area (Å²) in [6.45, 7) is 10.9. The van der Waals surface area contributed by atoms with Crippen LogP contribution in [0.1, 0.15) is 63.3 Å². The zero-order valence-electron chi connectivity index (χ0n) is 13.2. The Balaban J connectivity index is 2.48. The van der Waals surface area contributed by atoms with Crippen molar-refractivity contribution in [3.05, 3.63) is 29.6 Å². The standard InChI is InChI=1S/C17H25ClN2/c1-11(2)9-10-13(4)20-15-8-6-7-12(3)16(15)19-17(20)14(5)18/h6-8,11,13-14H,9-10H2,1-5H3. The third-order valence-electron chi connectivity index (χ3n) is 3.91. The van der Waals surface area contributed by atoms with E-state index in [2.05, 4.69) is 50.5 Å². The molecule has 110 valence electrons. The number of benzene rings is 1. The van der Waals surface area contributed by atoms with Gasteiger partial charge in [-0.15, -0.1) is 11.6 Å². The molecule has 0 N–H and O–H groups in total. The molecule has 1 aromatic carbocycles. The van der Waals surface area contributed by atoms with Gasteiger partial charge >= 0.3 is 0 Å². The second-order valence-corrected chi connectivity index (χ2v) is 6.87. The molecule has 2 atom stereocenters. The van der Waals surface area contributed by atoms with Gasteiger partial charge in [0.25, 0.3) is 0 Å². The Hall–Kier alpha value is -1.02. The molecule has 2 aromatic rings. The molecule has 0 spiro atoms. The van der Waals surface area contributed by atoms with Crippen molar-refractivity contribution >= 4 is 22.6 Å². The van der Waals surface area contributed by atoms with Crippen molar-refractivity contribution in [3.8, 4) is 0 Å². The van der Waals surface area contributed by atoms with E-state index in [9.17, 15) is 0 Å². The van der Waals surface area contributed by atoms with Crippen molar-refractivity contribution < 1.29 is 0 Å². The van der Waals surface area contributed by atoms with Gasteiger partial charge in [-0.2, -0.15) is 0 Å². The highest BCUT2D eigenvalue weighted by Crippen LogP contribution is 2.31. The summed E-state index contributed by atoms with van der Waals surface area (Å²) in [7, 11) is 0. The van der Waals surface area contributed by atoms with E-state index in [1.807, 2.05) is 6.92 Å². The Bertz CT molecular complexity index is 584. The van der Waals surface area contributed by atoms with Crippen molar-refractivity contribution in [1.82, 2.24) is 9.55 Å². The molecule has 1 heterocycles. The lowest BCUT2D eigenvalue weighted by Crippen LogP contribution is -2.10. The smallest absolute Gasteiger partial charge is 0.127 e. The number of fused-ring (bicyclic) bond motifs is 1. The lowest BCUT2D eigenvalue weighted by atomic mass is 10.0. The molecule has 3 heteroatoms. The third-order valence-corrected chi connectivity index (χ3v) is 4.10. The Morgan fingerprint density at radius 3 is 2.45 bits per heavy atom. The van der Waals surface area contributed by atoms with Crippen molar-refractivity contribution in [2.75, 3.05) is 0 Å². The fourth-order valence-corrected chi connectivity index (χ4v) is 2.88. The Kier molecular flexibility index (Phi) is 4.74. The average Bonchev–Trinajstić information content (AvgIpc) is 2.77. The number of alkyl halides is 1. The van der Waals surface area contributed by atoms with Crippen molar-refractivity contribution in [2.45, 2.75) is 58.9 Å². The van der Waals surface area contributed by atoms with E-state index in [0.29, 0.717) is 6.04 Å². The average molecular weight is 293 g/mol. The van der Waals surface area contributed by atoms with Crippen LogP contribution in [0, 0.1) is 12.8 Å². The Labute approximate surface area is 127 Å². The molecule has 0 saturated heterocycles. The van der Waals surface area contributed by atoms with E-state index in [0.717, 1.165) is 23.7 Å². The number of halogens is 1. The van der Waals surface area contributed by atoms with Crippen LogP contribution in [0.15, 0.2) is 18.2 Å². The highest BCUT2D eigenvalue weighted by molar-refractivity contribution is 6.20. The summed E-state index contributed by atoms with van der Waals surface area (Å²) < 4.78 is 2.34. The number of aryl methyl sites for hydroxylation is 1. The predicted molar refractivity (Wildman–Crippen MR) is 87.5 cm³/mol. The first-order valence-electron chi connectivity index (χ1n) is 7.53. The summed E-state index contributed by atoms with van der Waals surface area (Å²) in [6.07, 6.45) is 2.39. The summed E-state index contributed by atoms with van der Waals surface area (Å²) in [5, 5.41) is -0.0664. The molecule has 0 aliphatic rings. The monoisotopic (exact) mass is 292 g/mol. The van der Waals surface area contributed by atoms with Gasteiger partial charge in [0, 0.05) is 6.04 Å². The highest BCUT2D eigenvalue weighted by atomic mass is 35.5. The molecule has 20 heavy (non-hydrogen) atoms. The minimum absolute atomic E-state index is 0.0664. The van der Waals surface area contributed by atoms with E-state index < -0.39 is 0 Å². The molecule has 2 nitrogen and oxygen atoms in total. The summed E-state index contributed by atoms with van der Waals surface area (Å²) in [5.41, 5.74) is 3.52. The minimum atomic E-state index is -0.0664. The first-order valence-corrected chi connectivity index (χ1v) is 7.97. The maximum Gasteiger partial charge on any atom is 0.127 e. The zero-order chi connectivity index (χ0) is 14.9. The fraction of sp³-hybridized carbons (Fsp3) is 0.588. The quantitative estimate of drug-likeness (QED) is 0.652. The van der Waals surface area contributed by atoms with Gasteiger partial charge < -0.3 is 4.57 Å². The lowest BCUT2D eigenvalue weighted by molar-refractivity contribution is 0.437. The molecular formula is C17H25ClN2. The molecule has 0 fully saturated rings. The first-order chi connectivity index (χ1) is 9.41. The van der Waals surface area contributed by atoms with Crippen LogP contribution in [0.4, 0.5) is 0 Å². The second-order valence-electron chi connectivity index (χ2n) is 6.22. The van der Waals surface area contributed by atoms with Gasteiger partial charge in [-0.25, -0.2) is 4.98 Å². The van der Waals surface area contributed by atoms with Gasteiger partial charge in [-0.3, -0.25) is 0 Å². The van der Waals surface area contributed by atoms with Crippen LogP contribution in [-0.4, -0.2) is 9.55 Å². The van der Waals surface area contributed by atoms with Crippen molar-refractivity contribution in [2.24, 2.45) is 5.92 Å². The predicted octanol–water partition coefficient (Wildman–Crippen LogP) is 5.64. The minimum Gasteiger partial charge on any atom is -0.324 e. The number of nitrogens with zero attached hydrogens (tertiary/aromatic N) is 2. The van der Waals surface area contributed by atoms with E-state index in [4.69, 9.17) is 16.6 Å². The van der Waals surface area contributed by atoms with Crippen molar-refractivity contribution in [3.63, 3.8) is 0 Å². The number of aromatic nitrogens is 2. The van der Waals surface area contributed by atoms with Crippen LogP contribution >= 0.6 is 11.6 Å². The number of imidazole rings is 1. The Morgan fingerprint density at radius 1 is 1.15 bits per heavy atom. The SMILES string of the molecule is Cc1cccc2c1nc(C(C)Cl)n2C(C)CCC(C)C.